The van der Waals surface area contributed by atoms with Gasteiger partial charge in [0.1, 0.15) is 5.65 Å². The van der Waals surface area contributed by atoms with Gasteiger partial charge in [0, 0.05) is 37.8 Å². The van der Waals surface area contributed by atoms with Crippen LogP contribution in [-0.4, -0.2) is 64.1 Å². The largest absolute Gasteiger partial charge is 0.388 e. The number of pyridine rings is 1. The second-order valence-electron chi connectivity index (χ2n) is 8.64. The average molecular weight is 461 g/mol. The lowest BCUT2D eigenvalue weighted by molar-refractivity contribution is 0.0266. The minimum absolute atomic E-state index is 0.00417. The second kappa shape index (κ2) is 8.44. The summed E-state index contributed by atoms with van der Waals surface area (Å²) in [6.07, 6.45) is 10.4. The first kappa shape index (κ1) is 22.7. The molecular formula is C21H28N6O4S. The maximum Gasteiger partial charge on any atom is 0.279 e. The van der Waals surface area contributed by atoms with E-state index in [4.69, 9.17) is 6.42 Å². The van der Waals surface area contributed by atoms with Gasteiger partial charge < -0.3 is 10.4 Å². The third-order valence-electron chi connectivity index (χ3n) is 6.50. The summed E-state index contributed by atoms with van der Waals surface area (Å²) in [7, 11) is -2.04. The van der Waals surface area contributed by atoms with Gasteiger partial charge in [-0.2, -0.15) is 17.7 Å². The number of aliphatic hydroxyl groups is 1. The van der Waals surface area contributed by atoms with Gasteiger partial charge >= 0.3 is 0 Å². The number of hydrogen-bond donors (Lipinski definition) is 3. The van der Waals surface area contributed by atoms with Crippen LogP contribution in [0.25, 0.3) is 11.0 Å². The number of anilines is 1. The molecule has 0 spiro atoms. The molecule has 3 N–H and O–H groups in total. The number of piperidine rings is 1. The van der Waals surface area contributed by atoms with E-state index < -0.39 is 21.9 Å². The van der Waals surface area contributed by atoms with Crippen molar-refractivity contribution in [3.05, 3.63) is 28.2 Å². The highest BCUT2D eigenvalue weighted by Crippen LogP contribution is 2.39. The third kappa shape index (κ3) is 4.11. The molecule has 0 bridgehead atoms. The van der Waals surface area contributed by atoms with Crippen LogP contribution in [0.15, 0.2) is 17.1 Å². The lowest BCUT2D eigenvalue weighted by Crippen LogP contribution is -2.46. The van der Waals surface area contributed by atoms with E-state index in [-0.39, 0.29) is 17.2 Å². The van der Waals surface area contributed by atoms with Gasteiger partial charge in [-0.05, 0) is 45.1 Å². The molecule has 0 aromatic carbocycles. The summed E-state index contributed by atoms with van der Waals surface area (Å²) < 4.78 is 29.2. The molecule has 1 aliphatic carbocycles. The van der Waals surface area contributed by atoms with Gasteiger partial charge in [0.2, 0.25) is 5.95 Å². The molecule has 172 valence electrons. The van der Waals surface area contributed by atoms with Crippen LogP contribution in [-0.2, 0) is 10.2 Å². The van der Waals surface area contributed by atoms with Crippen LogP contribution in [0.3, 0.4) is 0 Å². The fourth-order valence-electron chi connectivity index (χ4n) is 4.67. The monoisotopic (exact) mass is 460 g/mol. The zero-order valence-electron chi connectivity index (χ0n) is 18.2. The Morgan fingerprint density at radius 3 is 2.62 bits per heavy atom. The van der Waals surface area contributed by atoms with Gasteiger partial charge in [-0.25, -0.2) is 9.71 Å². The minimum atomic E-state index is -3.44. The van der Waals surface area contributed by atoms with Crippen molar-refractivity contribution in [2.75, 3.05) is 25.5 Å². The summed E-state index contributed by atoms with van der Waals surface area (Å²) in [4.78, 5) is 22.1. The highest BCUT2D eigenvalue weighted by Gasteiger charge is 2.39. The molecule has 2 aromatic rings. The fourth-order valence-corrected chi connectivity index (χ4v) is 5.62. The Labute approximate surface area is 187 Å². The summed E-state index contributed by atoms with van der Waals surface area (Å²) in [5, 5.41) is 14.8. The molecule has 10 nitrogen and oxygen atoms in total. The number of fused-ring (bicyclic) bond motifs is 1. The Hall–Kier alpha value is -2.52. The van der Waals surface area contributed by atoms with E-state index in [2.05, 4.69) is 25.9 Å². The van der Waals surface area contributed by atoms with Crippen molar-refractivity contribution in [1.29, 1.82) is 0 Å². The summed E-state index contributed by atoms with van der Waals surface area (Å²) in [6, 6.07) is 1.17. The van der Waals surface area contributed by atoms with E-state index in [1.54, 1.807) is 19.2 Å². The van der Waals surface area contributed by atoms with Gasteiger partial charge in [0.15, 0.2) is 0 Å². The van der Waals surface area contributed by atoms with Crippen molar-refractivity contribution in [3.63, 3.8) is 0 Å². The molecule has 32 heavy (non-hydrogen) atoms. The highest BCUT2D eigenvalue weighted by atomic mass is 32.2. The Bertz CT molecular complexity index is 1230. The molecule has 2 aromatic heterocycles. The zero-order chi connectivity index (χ0) is 23.1. The van der Waals surface area contributed by atoms with Crippen LogP contribution in [0, 0.1) is 12.3 Å². The number of hydrogen-bond acceptors (Lipinski definition) is 7. The molecule has 1 saturated heterocycles. The Morgan fingerprint density at radius 1 is 1.31 bits per heavy atom. The summed E-state index contributed by atoms with van der Waals surface area (Å²) in [5.74, 6) is 2.79. The first-order valence-corrected chi connectivity index (χ1v) is 12.2. The lowest BCUT2D eigenvalue weighted by Gasteiger charge is -2.31. The smallest absolute Gasteiger partial charge is 0.279 e. The summed E-state index contributed by atoms with van der Waals surface area (Å²) >= 11 is 0. The van der Waals surface area contributed by atoms with Crippen molar-refractivity contribution >= 4 is 27.2 Å². The molecule has 2 fully saturated rings. The van der Waals surface area contributed by atoms with Crippen LogP contribution < -0.4 is 15.6 Å². The van der Waals surface area contributed by atoms with Crippen molar-refractivity contribution < 1.29 is 13.5 Å². The van der Waals surface area contributed by atoms with E-state index in [1.165, 1.54) is 15.9 Å². The molecule has 11 heteroatoms. The lowest BCUT2D eigenvalue weighted by atomic mass is 9.99. The van der Waals surface area contributed by atoms with E-state index in [9.17, 15) is 18.3 Å². The van der Waals surface area contributed by atoms with Crippen LogP contribution in [0.4, 0.5) is 5.95 Å². The second-order valence-corrected chi connectivity index (χ2v) is 10.5. The number of rotatable bonds is 5. The SMILES string of the molecule is C#Cc1cc2cnc(NC3CCN(S(=O)(=O)NC)CC3)nc2n([C@@H]2CCC[C@@]2(C)O)c1=O. The molecule has 2 aliphatic rings. The average Bonchev–Trinajstić information content (AvgIpc) is 3.12. The highest BCUT2D eigenvalue weighted by molar-refractivity contribution is 7.87. The number of nitrogens with one attached hydrogen (secondary N) is 2. The third-order valence-corrected chi connectivity index (χ3v) is 8.06. The maximum absolute atomic E-state index is 13.1. The van der Waals surface area contributed by atoms with Gasteiger partial charge in [0.25, 0.3) is 15.8 Å². The standard InChI is InChI=1S/C21H28N6O4S/c1-4-14-12-15-13-23-20(24-16-7-10-26(11-8-16)32(30,31)22-3)25-18(15)27(19(14)28)17-6-5-9-21(17,2)29/h1,12-13,16-17,22,29H,5-11H2,2-3H3,(H,23,24,25)/t17-,21-/m1/s1. The van der Waals surface area contributed by atoms with Gasteiger partial charge in [-0.15, -0.1) is 6.42 Å². The molecular weight excluding hydrogens is 432 g/mol. The van der Waals surface area contributed by atoms with Gasteiger partial charge in [-0.1, -0.05) is 5.92 Å². The van der Waals surface area contributed by atoms with Gasteiger partial charge in [-0.3, -0.25) is 9.36 Å². The van der Waals surface area contributed by atoms with Crippen molar-refractivity contribution in [2.24, 2.45) is 0 Å². The Balaban J connectivity index is 1.65. The summed E-state index contributed by atoms with van der Waals surface area (Å²) in [6.45, 7) is 2.50. The first-order chi connectivity index (χ1) is 15.2. The molecule has 0 radical (unpaired) electrons. The molecule has 1 aliphatic heterocycles. The van der Waals surface area contributed by atoms with Crippen molar-refractivity contribution in [1.82, 2.24) is 23.6 Å². The Kier molecular flexibility index (Phi) is 5.98. The maximum atomic E-state index is 13.1. The first-order valence-electron chi connectivity index (χ1n) is 10.7. The molecule has 1 saturated carbocycles. The number of aromatic nitrogens is 3. The predicted octanol–water partition coefficient (Wildman–Crippen LogP) is 0.589. The minimum Gasteiger partial charge on any atom is -0.388 e. The number of terminal acetylenes is 1. The number of nitrogens with zero attached hydrogens (tertiary/aromatic N) is 4. The van der Waals surface area contributed by atoms with Crippen LogP contribution in [0.5, 0.6) is 0 Å². The van der Waals surface area contributed by atoms with E-state index >= 15 is 0 Å². The Morgan fingerprint density at radius 2 is 2.03 bits per heavy atom. The fraction of sp³-hybridized carbons (Fsp3) is 0.571. The molecule has 4 rings (SSSR count). The van der Waals surface area contributed by atoms with Crippen LogP contribution in [0.1, 0.15) is 50.6 Å². The predicted molar refractivity (Wildman–Crippen MR) is 121 cm³/mol. The van der Waals surface area contributed by atoms with Crippen molar-refractivity contribution in [2.45, 2.75) is 56.7 Å². The molecule has 3 heterocycles. The topological polar surface area (TPSA) is 129 Å². The zero-order valence-corrected chi connectivity index (χ0v) is 19.0. The quantitative estimate of drug-likeness (QED) is 0.557. The van der Waals surface area contributed by atoms with Crippen LogP contribution >= 0.6 is 0 Å². The molecule has 0 unspecified atom stereocenters. The normalized spacial score (nSPS) is 25.1. The summed E-state index contributed by atoms with van der Waals surface area (Å²) in [5.41, 5.74) is -0.743. The molecule has 0 amide bonds. The van der Waals surface area contributed by atoms with E-state index in [1.807, 2.05) is 0 Å². The van der Waals surface area contributed by atoms with E-state index in [0.717, 1.165) is 6.42 Å². The van der Waals surface area contributed by atoms with Crippen molar-refractivity contribution in [3.8, 4) is 12.3 Å². The van der Waals surface area contributed by atoms with Crippen LogP contribution in [0.2, 0.25) is 0 Å². The van der Waals surface area contributed by atoms with E-state index in [0.29, 0.717) is 55.8 Å². The van der Waals surface area contributed by atoms with Gasteiger partial charge in [0.05, 0.1) is 17.2 Å². The molecule has 2 atom stereocenters.